The predicted molar refractivity (Wildman–Crippen MR) is 178 cm³/mol. The molecule has 4 aromatic carbocycles. The summed E-state index contributed by atoms with van der Waals surface area (Å²) in [6, 6.07) is 32.4. The average Bonchev–Trinajstić information content (AvgIpc) is 3.53. The highest BCUT2D eigenvalue weighted by atomic mass is 32.2. The number of benzene rings is 4. The molecule has 3 N–H and O–H groups in total. The van der Waals surface area contributed by atoms with Crippen LogP contribution in [0.1, 0.15) is 21.7 Å². The maximum Gasteiger partial charge on any atom is 0.272 e. The van der Waals surface area contributed by atoms with Crippen molar-refractivity contribution in [1.82, 2.24) is 5.32 Å². The zero-order valence-electron chi connectivity index (χ0n) is 24.6. The molecule has 0 aliphatic carbocycles. The number of amides is 3. The summed E-state index contributed by atoms with van der Waals surface area (Å²) in [6.45, 7) is 2.00. The van der Waals surface area contributed by atoms with Crippen molar-refractivity contribution in [3.05, 3.63) is 148 Å². The van der Waals surface area contributed by atoms with Gasteiger partial charge < -0.3 is 20.4 Å². The van der Waals surface area contributed by atoms with Gasteiger partial charge in [-0.1, -0.05) is 48.0 Å². The number of hydrogen-bond donors (Lipinski definition) is 3. The maximum atomic E-state index is 13.4. The number of hydrogen-bond acceptors (Lipinski definition) is 7. The second-order valence-electron chi connectivity index (χ2n) is 10.1. The molecule has 0 bridgehead atoms. The summed E-state index contributed by atoms with van der Waals surface area (Å²) in [4.78, 5) is 49.8. The van der Waals surface area contributed by atoms with Crippen molar-refractivity contribution in [3.63, 3.8) is 0 Å². The van der Waals surface area contributed by atoms with Crippen molar-refractivity contribution in [2.45, 2.75) is 11.8 Å². The molecule has 1 heterocycles. The van der Waals surface area contributed by atoms with E-state index in [0.717, 1.165) is 16.0 Å². The molecular formula is C35H28N4O6S. The van der Waals surface area contributed by atoms with Gasteiger partial charge in [-0.3, -0.25) is 24.5 Å². The van der Waals surface area contributed by atoms with Gasteiger partial charge in [0.15, 0.2) is 0 Å². The Labute approximate surface area is 268 Å². The molecule has 5 aromatic rings. The summed E-state index contributed by atoms with van der Waals surface area (Å²) in [6.07, 6.45) is 1.47. The van der Waals surface area contributed by atoms with E-state index >= 15 is 0 Å². The summed E-state index contributed by atoms with van der Waals surface area (Å²) in [5.41, 5.74) is 3.25. The Bertz CT molecular complexity index is 1880. The van der Waals surface area contributed by atoms with Gasteiger partial charge in [0.2, 0.25) is 5.91 Å². The summed E-state index contributed by atoms with van der Waals surface area (Å²) in [7, 11) is 0. The second kappa shape index (κ2) is 14.7. The molecule has 0 saturated carbocycles. The lowest BCUT2D eigenvalue weighted by Gasteiger charge is -2.11. The Balaban J connectivity index is 1.24. The number of nitrogens with one attached hydrogen (secondary N) is 3. The smallest absolute Gasteiger partial charge is 0.272 e. The quantitative estimate of drug-likeness (QED) is 0.0600. The largest absolute Gasteiger partial charge is 0.457 e. The lowest BCUT2D eigenvalue weighted by Crippen LogP contribution is -2.30. The Morgan fingerprint density at radius 2 is 1.46 bits per heavy atom. The summed E-state index contributed by atoms with van der Waals surface area (Å²) in [5.74, 6) is -0.174. The number of nitro benzene ring substituents is 1. The monoisotopic (exact) mass is 632 g/mol. The number of furan rings is 1. The molecule has 0 saturated heterocycles. The highest BCUT2D eigenvalue weighted by Gasteiger charge is 2.17. The number of rotatable bonds is 11. The summed E-state index contributed by atoms with van der Waals surface area (Å²) >= 11 is 1.28. The van der Waals surface area contributed by atoms with Crippen LogP contribution >= 0.6 is 11.8 Å². The normalized spacial score (nSPS) is 11.0. The van der Waals surface area contributed by atoms with Crippen LogP contribution in [0.15, 0.2) is 130 Å². The zero-order chi connectivity index (χ0) is 32.5. The minimum absolute atomic E-state index is 0.0139. The fourth-order valence-corrected chi connectivity index (χ4v) is 4.93. The van der Waals surface area contributed by atoms with Gasteiger partial charge in [-0.2, -0.15) is 0 Å². The van der Waals surface area contributed by atoms with Crippen LogP contribution < -0.4 is 16.0 Å². The maximum absolute atomic E-state index is 13.4. The molecule has 10 nitrogen and oxygen atoms in total. The lowest BCUT2D eigenvalue weighted by atomic mass is 10.1. The number of anilines is 2. The summed E-state index contributed by atoms with van der Waals surface area (Å²) in [5, 5.41) is 19.0. The van der Waals surface area contributed by atoms with E-state index in [2.05, 4.69) is 16.0 Å². The van der Waals surface area contributed by atoms with Gasteiger partial charge in [0.05, 0.1) is 10.7 Å². The first kappa shape index (κ1) is 31.5. The molecule has 0 atom stereocenters. The average molecular weight is 633 g/mol. The van der Waals surface area contributed by atoms with Crippen LogP contribution in [0.3, 0.4) is 0 Å². The molecule has 0 aliphatic rings. The number of nitrogens with zero attached hydrogens (tertiary/aromatic N) is 1. The second-order valence-corrected chi connectivity index (χ2v) is 11.1. The van der Waals surface area contributed by atoms with Gasteiger partial charge in [-0.15, -0.1) is 11.8 Å². The van der Waals surface area contributed by atoms with Gasteiger partial charge in [-0.05, 0) is 67.6 Å². The third-order valence-electron chi connectivity index (χ3n) is 6.62. The van der Waals surface area contributed by atoms with Crippen molar-refractivity contribution in [2.24, 2.45) is 0 Å². The molecule has 3 amide bonds. The molecule has 0 unspecified atom stereocenters. The first-order valence-corrected chi connectivity index (χ1v) is 15.1. The standard InChI is InChI=1S/C35H28N4O6S/c1-23-7-9-24(10-8-23)32-20-17-29(45-32)21-31(38-34(41)25-5-3-2-4-6-25)35(42)37-27-13-18-30(19-14-27)46-22-33(40)36-26-11-15-28(16-12-26)39(43)44/h2-21H,22H2,1H3,(H,36,40)(H,37,42)(H,38,41)/b31-21-. The van der Waals surface area contributed by atoms with Gasteiger partial charge in [0, 0.05) is 45.6 Å². The molecule has 46 heavy (non-hydrogen) atoms. The van der Waals surface area contributed by atoms with Crippen molar-refractivity contribution in [3.8, 4) is 11.3 Å². The highest BCUT2D eigenvalue weighted by molar-refractivity contribution is 8.00. The predicted octanol–water partition coefficient (Wildman–Crippen LogP) is 7.30. The first-order valence-electron chi connectivity index (χ1n) is 14.1. The Morgan fingerprint density at radius 3 is 2.13 bits per heavy atom. The SMILES string of the molecule is Cc1ccc(-c2ccc(/C=C(\NC(=O)c3ccccc3)C(=O)Nc3ccc(SCC(=O)Nc4ccc([N+](=O)[O-])cc4)cc3)o2)cc1. The van der Waals surface area contributed by atoms with Crippen LogP contribution in [0.4, 0.5) is 17.1 Å². The number of nitro groups is 1. The van der Waals surface area contributed by atoms with Crippen LogP contribution in [-0.2, 0) is 9.59 Å². The van der Waals surface area contributed by atoms with Crippen LogP contribution in [0.5, 0.6) is 0 Å². The van der Waals surface area contributed by atoms with Gasteiger partial charge in [0.25, 0.3) is 17.5 Å². The number of aryl methyl sites for hydroxylation is 1. The van der Waals surface area contributed by atoms with Crippen molar-refractivity contribution in [1.29, 1.82) is 0 Å². The van der Waals surface area contributed by atoms with E-state index in [-0.39, 0.29) is 23.0 Å². The Hall–Kier alpha value is -5.94. The van der Waals surface area contributed by atoms with Crippen molar-refractivity contribution >= 4 is 52.6 Å². The third-order valence-corrected chi connectivity index (χ3v) is 7.63. The molecule has 1 aromatic heterocycles. The fourth-order valence-electron chi connectivity index (χ4n) is 4.23. The zero-order valence-corrected chi connectivity index (χ0v) is 25.4. The van der Waals surface area contributed by atoms with E-state index in [1.807, 2.05) is 31.2 Å². The molecule has 0 fully saturated rings. The fraction of sp³-hybridized carbons (Fsp3) is 0.0571. The first-order chi connectivity index (χ1) is 22.2. The van der Waals surface area contributed by atoms with Crippen LogP contribution in [0, 0.1) is 17.0 Å². The van der Waals surface area contributed by atoms with E-state index in [1.165, 1.54) is 42.1 Å². The minimum atomic E-state index is -0.555. The van der Waals surface area contributed by atoms with E-state index in [0.29, 0.717) is 28.5 Å². The molecule has 0 aliphatic heterocycles. The van der Waals surface area contributed by atoms with Crippen molar-refractivity contribution in [2.75, 3.05) is 16.4 Å². The number of non-ortho nitro benzene ring substituents is 1. The Kier molecular flexibility index (Phi) is 10.1. The number of carbonyl (C=O) groups excluding carboxylic acids is 3. The summed E-state index contributed by atoms with van der Waals surface area (Å²) < 4.78 is 5.97. The highest BCUT2D eigenvalue weighted by Crippen LogP contribution is 2.25. The third kappa shape index (κ3) is 8.58. The topological polar surface area (TPSA) is 144 Å². The van der Waals surface area contributed by atoms with Crippen molar-refractivity contribution < 1.29 is 23.7 Å². The molecule has 230 valence electrons. The number of thioether (sulfide) groups is 1. The van der Waals surface area contributed by atoms with E-state index in [1.54, 1.807) is 66.7 Å². The van der Waals surface area contributed by atoms with Gasteiger partial charge in [-0.25, -0.2) is 0 Å². The molecule has 5 rings (SSSR count). The molecule has 0 radical (unpaired) electrons. The van der Waals surface area contributed by atoms with Crippen LogP contribution in [0.25, 0.3) is 17.4 Å². The molecule has 0 spiro atoms. The van der Waals surface area contributed by atoms with Crippen LogP contribution in [-0.4, -0.2) is 28.4 Å². The van der Waals surface area contributed by atoms with Gasteiger partial charge in [0.1, 0.15) is 17.2 Å². The number of carbonyl (C=O) groups is 3. The minimum Gasteiger partial charge on any atom is -0.457 e. The molecular weight excluding hydrogens is 604 g/mol. The van der Waals surface area contributed by atoms with Gasteiger partial charge >= 0.3 is 0 Å². The lowest BCUT2D eigenvalue weighted by molar-refractivity contribution is -0.384. The van der Waals surface area contributed by atoms with E-state index in [4.69, 9.17) is 4.42 Å². The van der Waals surface area contributed by atoms with E-state index in [9.17, 15) is 24.5 Å². The van der Waals surface area contributed by atoms with E-state index < -0.39 is 16.7 Å². The molecule has 11 heteroatoms. The Morgan fingerprint density at radius 1 is 0.804 bits per heavy atom. The van der Waals surface area contributed by atoms with Crippen LogP contribution in [0.2, 0.25) is 0 Å².